The molecule has 0 radical (unpaired) electrons. The number of morpholine rings is 1. The van der Waals surface area contributed by atoms with Crippen molar-refractivity contribution in [2.75, 3.05) is 18.0 Å². The van der Waals surface area contributed by atoms with Crippen molar-refractivity contribution in [2.24, 2.45) is 0 Å². The molecule has 0 unspecified atom stereocenters. The molecule has 8 nitrogen and oxygen atoms in total. The molecule has 0 amide bonds. The summed E-state index contributed by atoms with van der Waals surface area (Å²) in [5, 5.41) is 17.3. The molecule has 1 aliphatic heterocycles. The van der Waals surface area contributed by atoms with Crippen LogP contribution < -0.4 is 4.90 Å². The zero-order chi connectivity index (χ0) is 21.7. The van der Waals surface area contributed by atoms with E-state index in [-0.39, 0.29) is 17.9 Å². The lowest BCUT2D eigenvalue weighted by Gasteiger charge is -2.37. The second-order valence-electron chi connectivity index (χ2n) is 6.28. The smallest absolute Gasteiger partial charge is 0.357 e. The molecule has 3 rings (SSSR count). The molecule has 1 aliphatic rings. The predicted octanol–water partition coefficient (Wildman–Crippen LogP) is 2.59. The van der Waals surface area contributed by atoms with Gasteiger partial charge in [-0.15, -0.1) is 0 Å². The lowest BCUT2D eigenvalue weighted by atomic mass is 10.2. The minimum absolute atomic E-state index is 0.0290. The molecule has 2 aromatic rings. The van der Waals surface area contributed by atoms with Gasteiger partial charge in [0.25, 0.3) is 0 Å². The molecule has 0 spiro atoms. The number of hydrogen-bond acceptors (Lipinski definition) is 6. The molecule has 2 aromatic heterocycles. The summed E-state index contributed by atoms with van der Waals surface area (Å²) in [7, 11) is 0. The number of carboxylic acids is 2. The molecule has 0 aliphatic carbocycles. The third kappa shape index (κ3) is 5.88. The number of hydrogen-bond donors (Lipinski definition) is 2. The van der Waals surface area contributed by atoms with E-state index in [1.165, 1.54) is 6.07 Å². The summed E-state index contributed by atoms with van der Waals surface area (Å²) >= 11 is 0. The van der Waals surface area contributed by atoms with Gasteiger partial charge in [-0.2, -0.15) is 0 Å². The van der Waals surface area contributed by atoms with E-state index in [9.17, 15) is 22.8 Å². The van der Waals surface area contributed by atoms with Crippen molar-refractivity contribution in [3.63, 3.8) is 0 Å². The SMILES string of the molecule is C[C@@H]1CN(c2cc(F)cnc2C(=O)O)C[C@H](C)O1.O=C(O)c1ncc(F)cc1F. The number of pyridine rings is 2. The van der Waals surface area contributed by atoms with Gasteiger partial charge in [0.1, 0.15) is 11.6 Å². The molecule has 3 heterocycles. The lowest BCUT2D eigenvalue weighted by molar-refractivity contribution is -0.00536. The molecule has 156 valence electrons. The van der Waals surface area contributed by atoms with Gasteiger partial charge >= 0.3 is 11.9 Å². The Hall–Kier alpha value is -3.21. The monoisotopic (exact) mass is 413 g/mol. The molecule has 0 aromatic carbocycles. The van der Waals surface area contributed by atoms with E-state index in [0.29, 0.717) is 31.0 Å². The van der Waals surface area contributed by atoms with Gasteiger partial charge in [0, 0.05) is 25.2 Å². The summed E-state index contributed by atoms with van der Waals surface area (Å²) in [5.74, 6) is -5.27. The Balaban J connectivity index is 0.000000234. The minimum Gasteiger partial charge on any atom is -0.476 e. The van der Waals surface area contributed by atoms with Gasteiger partial charge in [0.2, 0.25) is 0 Å². The molecule has 1 saturated heterocycles. The highest BCUT2D eigenvalue weighted by Gasteiger charge is 2.26. The summed E-state index contributed by atoms with van der Waals surface area (Å²) in [6.07, 6.45) is 1.50. The van der Waals surface area contributed by atoms with Gasteiger partial charge in [0.05, 0.1) is 30.3 Å². The van der Waals surface area contributed by atoms with Crippen LogP contribution in [-0.2, 0) is 4.74 Å². The van der Waals surface area contributed by atoms with Gasteiger partial charge in [-0.05, 0) is 13.8 Å². The largest absolute Gasteiger partial charge is 0.476 e. The van der Waals surface area contributed by atoms with Crippen LogP contribution in [0, 0.1) is 17.5 Å². The molecule has 11 heteroatoms. The third-order valence-corrected chi connectivity index (χ3v) is 3.81. The number of carbonyl (C=O) groups is 2. The second kappa shape index (κ2) is 9.32. The fraction of sp³-hybridized carbons (Fsp3) is 0.333. The van der Waals surface area contributed by atoms with Gasteiger partial charge in [-0.1, -0.05) is 0 Å². The van der Waals surface area contributed by atoms with E-state index in [1.54, 1.807) is 4.90 Å². The van der Waals surface area contributed by atoms with E-state index < -0.39 is 35.1 Å². The number of ether oxygens (including phenoxy) is 1. The Morgan fingerprint density at radius 2 is 1.45 bits per heavy atom. The van der Waals surface area contributed by atoms with Crippen molar-refractivity contribution >= 4 is 17.6 Å². The van der Waals surface area contributed by atoms with Crippen LogP contribution in [0.1, 0.15) is 34.8 Å². The van der Waals surface area contributed by atoms with Crippen LogP contribution in [0.4, 0.5) is 18.9 Å². The van der Waals surface area contributed by atoms with Crippen LogP contribution in [-0.4, -0.2) is 57.4 Å². The first-order chi connectivity index (χ1) is 13.6. The predicted molar refractivity (Wildman–Crippen MR) is 94.5 cm³/mol. The van der Waals surface area contributed by atoms with Crippen molar-refractivity contribution in [1.82, 2.24) is 9.97 Å². The Morgan fingerprint density at radius 1 is 0.966 bits per heavy atom. The first-order valence-corrected chi connectivity index (χ1v) is 8.42. The Bertz CT molecular complexity index is 902. The van der Waals surface area contributed by atoms with Gasteiger partial charge in [-0.25, -0.2) is 32.7 Å². The summed E-state index contributed by atoms with van der Waals surface area (Å²) in [5.41, 5.74) is -0.589. The number of halogens is 3. The fourth-order valence-corrected chi connectivity index (χ4v) is 2.78. The summed E-state index contributed by atoms with van der Waals surface area (Å²) in [4.78, 5) is 29.7. The van der Waals surface area contributed by atoms with Crippen LogP contribution in [0.2, 0.25) is 0 Å². The topological polar surface area (TPSA) is 113 Å². The van der Waals surface area contributed by atoms with Crippen molar-refractivity contribution in [3.8, 4) is 0 Å². The normalized spacial score (nSPS) is 18.6. The van der Waals surface area contributed by atoms with Crippen molar-refractivity contribution < 1.29 is 37.7 Å². The maximum Gasteiger partial charge on any atom is 0.357 e. The van der Waals surface area contributed by atoms with Crippen molar-refractivity contribution in [1.29, 1.82) is 0 Å². The standard InChI is InChI=1S/C12H15FN2O3.C6H3F2NO2/c1-7-5-15(6-8(2)18-7)10-3-9(13)4-14-11(10)12(16)17;7-3-1-4(8)5(6(10)11)9-2-3/h3-4,7-8H,5-6H2,1-2H3,(H,16,17);1-2H,(H,10,11)/t7-,8+;. The number of anilines is 1. The highest BCUT2D eigenvalue weighted by molar-refractivity contribution is 5.92. The third-order valence-electron chi connectivity index (χ3n) is 3.81. The number of nitrogens with zero attached hydrogens (tertiary/aromatic N) is 3. The molecule has 29 heavy (non-hydrogen) atoms. The minimum atomic E-state index is -1.51. The number of aromatic carboxylic acids is 2. The summed E-state index contributed by atoms with van der Waals surface area (Å²) < 4.78 is 43.3. The highest BCUT2D eigenvalue weighted by atomic mass is 19.1. The van der Waals surface area contributed by atoms with Crippen LogP contribution in [0.25, 0.3) is 0 Å². The van der Waals surface area contributed by atoms with E-state index >= 15 is 0 Å². The zero-order valence-electron chi connectivity index (χ0n) is 15.5. The Morgan fingerprint density at radius 3 is 1.93 bits per heavy atom. The maximum atomic E-state index is 13.2. The molecule has 2 N–H and O–H groups in total. The first kappa shape index (κ1) is 22.1. The molecule has 0 saturated carbocycles. The fourth-order valence-electron chi connectivity index (χ4n) is 2.78. The van der Waals surface area contributed by atoms with E-state index in [4.69, 9.17) is 14.9 Å². The van der Waals surface area contributed by atoms with Crippen LogP contribution in [0.15, 0.2) is 24.5 Å². The first-order valence-electron chi connectivity index (χ1n) is 8.42. The average Bonchev–Trinajstić information content (AvgIpc) is 2.60. The molecular formula is C18H18F3N3O5. The summed E-state index contributed by atoms with van der Waals surface area (Å²) in [6.45, 7) is 4.84. The summed E-state index contributed by atoms with van der Waals surface area (Å²) in [6, 6.07) is 1.68. The molecule has 2 atom stereocenters. The van der Waals surface area contributed by atoms with Crippen molar-refractivity contribution in [3.05, 3.63) is 53.4 Å². The zero-order valence-corrected chi connectivity index (χ0v) is 15.5. The lowest BCUT2D eigenvalue weighted by Crippen LogP contribution is -2.46. The number of carboxylic acid groups (broad SMARTS) is 2. The van der Waals surface area contributed by atoms with Crippen LogP contribution >= 0.6 is 0 Å². The van der Waals surface area contributed by atoms with E-state index in [1.807, 2.05) is 13.8 Å². The highest BCUT2D eigenvalue weighted by Crippen LogP contribution is 2.24. The van der Waals surface area contributed by atoms with Crippen LogP contribution in [0.5, 0.6) is 0 Å². The molecule has 0 bridgehead atoms. The quantitative estimate of drug-likeness (QED) is 0.790. The van der Waals surface area contributed by atoms with E-state index in [0.717, 1.165) is 6.20 Å². The molecule has 1 fully saturated rings. The van der Waals surface area contributed by atoms with Gasteiger partial charge in [0.15, 0.2) is 17.2 Å². The molecular weight excluding hydrogens is 395 g/mol. The van der Waals surface area contributed by atoms with Crippen LogP contribution in [0.3, 0.4) is 0 Å². The number of aromatic nitrogens is 2. The second-order valence-corrected chi connectivity index (χ2v) is 6.28. The van der Waals surface area contributed by atoms with Gasteiger partial charge in [-0.3, -0.25) is 0 Å². The Kier molecular flexibility index (Phi) is 7.10. The van der Waals surface area contributed by atoms with E-state index in [2.05, 4.69) is 9.97 Å². The van der Waals surface area contributed by atoms with Gasteiger partial charge < -0.3 is 19.8 Å². The average molecular weight is 413 g/mol. The Labute approximate surface area is 163 Å². The maximum absolute atomic E-state index is 13.2. The van der Waals surface area contributed by atoms with Crippen molar-refractivity contribution in [2.45, 2.75) is 26.1 Å². The number of rotatable bonds is 3.